The van der Waals surface area contributed by atoms with E-state index in [1.807, 2.05) is 54.2 Å². The van der Waals surface area contributed by atoms with Gasteiger partial charge in [-0.05, 0) is 42.7 Å². The molecule has 0 saturated carbocycles. The Balaban J connectivity index is 0.000000523. The Morgan fingerprint density at radius 1 is 1.19 bits per heavy atom. The minimum atomic E-state index is -3.67. The fourth-order valence-corrected chi connectivity index (χ4v) is 5.21. The SMILES string of the molecule is CN(C)c1ccc(C2(O)C(c3cccc(F)c3)SC3=NCCCCN32)cc1.CS(=O)(=O)O. The summed E-state index contributed by atoms with van der Waals surface area (Å²) in [6.07, 6.45) is 2.70. The van der Waals surface area contributed by atoms with E-state index in [4.69, 9.17) is 9.55 Å². The van der Waals surface area contributed by atoms with Gasteiger partial charge in [-0.1, -0.05) is 36.0 Å². The van der Waals surface area contributed by atoms with Crippen LogP contribution in [0.25, 0.3) is 0 Å². The molecule has 0 amide bonds. The predicted molar refractivity (Wildman–Crippen MR) is 127 cm³/mol. The predicted octanol–water partition coefficient (Wildman–Crippen LogP) is 3.48. The Morgan fingerprint density at radius 2 is 1.84 bits per heavy atom. The Labute approximate surface area is 192 Å². The molecule has 0 aromatic heterocycles. The summed E-state index contributed by atoms with van der Waals surface area (Å²) in [7, 11) is 0.314. The number of hydrogen-bond donors (Lipinski definition) is 2. The van der Waals surface area contributed by atoms with Gasteiger partial charge in [-0.15, -0.1) is 0 Å². The van der Waals surface area contributed by atoms with Crippen LogP contribution >= 0.6 is 11.8 Å². The van der Waals surface area contributed by atoms with Crippen LogP contribution in [0.2, 0.25) is 0 Å². The summed E-state index contributed by atoms with van der Waals surface area (Å²) >= 11 is 1.53. The molecular weight excluding hydrogens is 453 g/mol. The number of thioether (sulfide) groups is 1. The van der Waals surface area contributed by atoms with Crippen LogP contribution in [0.15, 0.2) is 53.5 Å². The summed E-state index contributed by atoms with van der Waals surface area (Å²) in [5.74, 6) is -0.289. The van der Waals surface area contributed by atoms with Crippen LogP contribution < -0.4 is 4.90 Å². The number of halogens is 1. The maximum Gasteiger partial charge on any atom is 0.261 e. The largest absolute Gasteiger partial charge is 0.378 e. The summed E-state index contributed by atoms with van der Waals surface area (Å²) in [4.78, 5) is 8.73. The minimum Gasteiger partial charge on any atom is -0.378 e. The second-order valence-corrected chi connectivity index (χ2v) is 10.5. The fourth-order valence-electron chi connectivity index (χ4n) is 3.77. The molecule has 4 rings (SSSR count). The van der Waals surface area contributed by atoms with Gasteiger partial charge in [0.25, 0.3) is 10.1 Å². The van der Waals surface area contributed by atoms with Gasteiger partial charge in [0, 0.05) is 38.4 Å². The van der Waals surface area contributed by atoms with Crippen LogP contribution in [0.4, 0.5) is 10.1 Å². The average molecular weight is 482 g/mol. The summed E-state index contributed by atoms with van der Waals surface area (Å²) < 4.78 is 39.8. The first kappa shape index (κ1) is 24.5. The van der Waals surface area contributed by atoms with Crippen molar-refractivity contribution in [2.75, 3.05) is 38.3 Å². The summed E-state index contributed by atoms with van der Waals surface area (Å²) in [6, 6.07) is 14.5. The molecule has 0 radical (unpaired) electrons. The van der Waals surface area contributed by atoms with Gasteiger partial charge in [0.1, 0.15) is 5.82 Å². The molecule has 2 aliphatic heterocycles. The van der Waals surface area contributed by atoms with Crippen molar-refractivity contribution in [3.63, 3.8) is 0 Å². The highest BCUT2D eigenvalue weighted by Gasteiger charge is 2.53. The number of aliphatic hydroxyl groups is 1. The molecule has 2 unspecified atom stereocenters. The van der Waals surface area contributed by atoms with Gasteiger partial charge in [-0.2, -0.15) is 8.42 Å². The summed E-state index contributed by atoms with van der Waals surface area (Å²) in [5.41, 5.74) is 1.39. The van der Waals surface area contributed by atoms with E-state index < -0.39 is 15.8 Å². The molecule has 174 valence electrons. The Kier molecular flexibility index (Phi) is 7.49. The van der Waals surface area contributed by atoms with Gasteiger partial charge < -0.3 is 14.9 Å². The lowest BCUT2D eigenvalue weighted by molar-refractivity contribution is -0.0712. The zero-order chi connectivity index (χ0) is 23.5. The third-order valence-electron chi connectivity index (χ3n) is 5.23. The van der Waals surface area contributed by atoms with Gasteiger partial charge >= 0.3 is 0 Å². The molecule has 32 heavy (non-hydrogen) atoms. The number of hydrogen-bond acceptors (Lipinski definition) is 7. The lowest BCUT2D eigenvalue weighted by atomic mass is 9.92. The van der Waals surface area contributed by atoms with Crippen molar-refractivity contribution in [3.05, 3.63) is 65.5 Å². The second-order valence-electron chi connectivity index (χ2n) is 7.98. The molecule has 2 heterocycles. The lowest BCUT2D eigenvalue weighted by Gasteiger charge is -2.38. The third-order valence-corrected chi connectivity index (χ3v) is 6.63. The Hall–Kier alpha value is -2.14. The smallest absolute Gasteiger partial charge is 0.261 e. The van der Waals surface area contributed by atoms with E-state index in [9.17, 15) is 17.9 Å². The first-order valence-electron chi connectivity index (χ1n) is 10.2. The van der Waals surface area contributed by atoms with Crippen LogP contribution in [0, 0.1) is 5.82 Å². The molecule has 1 saturated heterocycles. The molecule has 7 nitrogen and oxygen atoms in total. The number of rotatable bonds is 3. The number of benzene rings is 2. The van der Waals surface area contributed by atoms with Crippen molar-refractivity contribution in [1.82, 2.24) is 4.90 Å². The van der Waals surface area contributed by atoms with Gasteiger partial charge in [0.05, 0.1) is 11.5 Å². The van der Waals surface area contributed by atoms with Gasteiger partial charge in [0.2, 0.25) is 0 Å². The summed E-state index contributed by atoms with van der Waals surface area (Å²) in [5, 5.41) is 12.5. The second kappa shape index (κ2) is 9.78. The molecule has 0 spiro atoms. The van der Waals surface area contributed by atoms with Crippen molar-refractivity contribution in [1.29, 1.82) is 0 Å². The topological polar surface area (TPSA) is 93.4 Å². The lowest BCUT2D eigenvalue weighted by Crippen LogP contribution is -2.46. The molecule has 10 heteroatoms. The van der Waals surface area contributed by atoms with Crippen LogP contribution in [-0.2, 0) is 15.8 Å². The van der Waals surface area contributed by atoms with Crippen molar-refractivity contribution < 1.29 is 22.5 Å². The van der Waals surface area contributed by atoms with Crippen LogP contribution in [0.1, 0.15) is 29.2 Å². The molecular formula is C22H28FN3O4S2. The number of fused-ring (bicyclic) bond motifs is 1. The highest BCUT2D eigenvalue weighted by Crippen LogP contribution is 2.54. The first-order valence-corrected chi connectivity index (χ1v) is 12.9. The Morgan fingerprint density at radius 3 is 2.44 bits per heavy atom. The maximum absolute atomic E-state index is 13.9. The van der Waals surface area contributed by atoms with E-state index in [-0.39, 0.29) is 11.1 Å². The maximum atomic E-state index is 13.9. The molecule has 0 aliphatic carbocycles. The van der Waals surface area contributed by atoms with E-state index in [1.165, 1.54) is 23.9 Å². The quantitative estimate of drug-likeness (QED) is 0.649. The average Bonchev–Trinajstić information content (AvgIpc) is 2.85. The monoisotopic (exact) mass is 481 g/mol. The van der Waals surface area contributed by atoms with Crippen LogP contribution in [0.3, 0.4) is 0 Å². The van der Waals surface area contributed by atoms with E-state index in [0.717, 1.165) is 47.9 Å². The highest BCUT2D eigenvalue weighted by atomic mass is 32.2. The fraction of sp³-hybridized carbons (Fsp3) is 0.409. The van der Waals surface area contributed by atoms with Gasteiger partial charge in [-0.3, -0.25) is 9.55 Å². The third kappa shape index (κ3) is 5.61. The number of aliphatic imine (C=N–C) groups is 1. The first-order chi connectivity index (χ1) is 15.0. The Bertz CT molecular complexity index is 1070. The molecule has 2 atom stereocenters. The van der Waals surface area contributed by atoms with Crippen molar-refractivity contribution >= 4 is 32.7 Å². The van der Waals surface area contributed by atoms with Crippen molar-refractivity contribution in [2.24, 2.45) is 4.99 Å². The number of anilines is 1. The number of amidine groups is 1. The van der Waals surface area contributed by atoms with E-state index in [1.54, 1.807) is 6.07 Å². The molecule has 2 aromatic carbocycles. The summed E-state index contributed by atoms with van der Waals surface area (Å²) in [6.45, 7) is 1.51. The molecule has 2 aromatic rings. The zero-order valence-corrected chi connectivity index (χ0v) is 19.9. The standard InChI is InChI=1S/C21H24FN3OS.CH4O3S/c1-24(2)18-10-8-16(9-11-18)21(26)19(15-6-5-7-17(22)14-15)27-20-23-12-3-4-13-25(20)21;1-5(2,3)4/h5-11,14,19,26H,3-4,12-13H2,1-2H3;1H3,(H,2,3,4). The zero-order valence-electron chi connectivity index (χ0n) is 18.3. The van der Waals surface area contributed by atoms with E-state index in [2.05, 4.69) is 0 Å². The molecule has 0 bridgehead atoms. The van der Waals surface area contributed by atoms with Crippen molar-refractivity contribution in [2.45, 2.75) is 23.8 Å². The van der Waals surface area contributed by atoms with Gasteiger partial charge in [-0.25, -0.2) is 4.39 Å². The van der Waals surface area contributed by atoms with Gasteiger partial charge in [0.15, 0.2) is 10.9 Å². The van der Waals surface area contributed by atoms with Crippen LogP contribution in [-0.4, -0.2) is 61.6 Å². The minimum absolute atomic E-state index is 0.289. The molecule has 2 aliphatic rings. The normalized spacial score (nSPS) is 22.9. The highest BCUT2D eigenvalue weighted by molar-refractivity contribution is 8.14. The van der Waals surface area contributed by atoms with Crippen LogP contribution in [0.5, 0.6) is 0 Å². The van der Waals surface area contributed by atoms with Crippen molar-refractivity contribution in [3.8, 4) is 0 Å². The van der Waals surface area contributed by atoms with E-state index >= 15 is 0 Å². The number of nitrogens with zero attached hydrogens (tertiary/aromatic N) is 3. The van der Waals surface area contributed by atoms with E-state index in [0.29, 0.717) is 6.26 Å². The molecule has 2 N–H and O–H groups in total. The molecule has 1 fully saturated rings.